The minimum atomic E-state index is -1.11. The van der Waals surface area contributed by atoms with E-state index in [1.54, 1.807) is 45.0 Å². The summed E-state index contributed by atoms with van der Waals surface area (Å²) in [5.41, 5.74) is 2.99. The number of benzene rings is 1. The first-order valence-corrected chi connectivity index (χ1v) is 18.1. The number of ether oxygens (including phenoxy) is 2. The molecule has 5 N–H and O–H groups in total. The molecule has 1 heterocycles. The van der Waals surface area contributed by atoms with E-state index in [1.165, 1.54) is 6.08 Å². The quantitative estimate of drug-likeness (QED) is 0.0788. The molecule has 280 valence electrons. The molecule has 0 aliphatic carbocycles. The molecule has 9 nitrogen and oxygen atoms in total. The van der Waals surface area contributed by atoms with Gasteiger partial charge >= 0.3 is 11.9 Å². The number of aliphatic hydroxyl groups is 5. The van der Waals surface area contributed by atoms with Gasteiger partial charge in [-0.2, -0.15) is 0 Å². The molecule has 50 heavy (non-hydrogen) atoms. The molecule has 2 rings (SSSR count). The van der Waals surface area contributed by atoms with E-state index in [-0.39, 0.29) is 48.8 Å². The van der Waals surface area contributed by atoms with E-state index in [9.17, 15) is 35.1 Å². The van der Waals surface area contributed by atoms with Gasteiger partial charge in [-0.25, -0.2) is 4.79 Å². The molecule has 0 radical (unpaired) electrons. The van der Waals surface area contributed by atoms with Gasteiger partial charge in [0.1, 0.15) is 12.2 Å². The lowest BCUT2D eigenvalue weighted by Crippen LogP contribution is -2.28. The molecule has 0 bridgehead atoms. The average molecular weight is 699 g/mol. The molecule has 0 saturated heterocycles. The van der Waals surface area contributed by atoms with Crippen molar-refractivity contribution in [2.45, 2.75) is 143 Å². The summed E-state index contributed by atoms with van der Waals surface area (Å²) in [5.74, 6) is -0.704. The van der Waals surface area contributed by atoms with Crippen LogP contribution in [0.3, 0.4) is 0 Å². The van der Waals surface area contributed by atoms with Gasteiger partial charge in [0.25, 0.3) is 0 Å². The lowest BCUT2D eigenvalue weighted by molar-refractivity contribution is -0.151. The summed E-state index contributed by atoms with van der Waals surface area (Å²) in [5, 5.41) is 49.6. The van der Waals surface area contributed by atoms with Gasteiger partial charge in [0.05, 0.1) is 36.1 Å². The van der Waals surface area contributed by atoms with Gasteiger partial charge in [-0.05, 0) is 89.3 Å². The maximum atomic E-state index is 13.3. The second-order valence-electron chi connectivity index (χ2n) is 14.5. The van der Waals surface area contributed by atoms with E-state index in [4.69, 9.17) is 9.47 Å². The Bertz CT molecular complexity index is 1310. The summed E-state index contributed by atoms with van der Waals surface area (Å²) in [6.45, 7) is 13.1. The Labute approximate surface area is 299 Å². The fourth-order valence-electron chi connectivity index (χ4n) is 6.18. The van der Waals surface area contributed by atoms with Gasteiger partial charge in [-0.1, -0.05) is 80.5 Å². The summed E-state index contributed by atoms with van der Waals surface area (Å²) >= 11 is 0. The highest BCUT2D eigenvalue weighted by Crippen LogP contribution is 2.26. The lowest BCUT2D eigenvalue weighted by Gasteiger charge is -2.26. The molecule has 0 amide bonds. The maximum absolute atomic E-state index is 13.3. The standard InChI is InChI=1S/C41H62O9/c1-26(22-36(45)37(46)24-32(7)43)18-19-33-13-10-14-34(25-33)41(48)50-38-16-11-17-40(47)49-39(15-9-8-12-28(38)3)30(5)21-27(2)20-29(4)35(44)23-31(6)42/h8-10,13-14,18-20,22,25,28-32,35-39,42-46H,11-12,15-17,21,23-24H2,1-7H3. The highest BCUT2D eigenvalue weighted by Gasteiger charge is 2.26. The second kappa shape index (κ2) is 22.0. The van der Waals surface area contributed by atoms with Crippen molar-refractivity contribution in [3.63, 3.8) is 0 Å². The van der Waals surface area contributed by atoms with Crippen LogP contribution in [0.15, 0.2) is 65.8 Å². The van der Waals surface area contributed by atoms with Gasteiger partial charge in [0.2, 0.25) is 0 Å². The van der Waals surface area contributed by atoms with Crippen LogP contribution in [0.4, 0.5) is 0 Å². The fourth-order valence-corrected chi connectivity index (χ4v) is 6.18. The maximum Gasteiger partial charge on any atom is 0.338 e. The number of allylic oxidation sites excluding steroid dienone is 4. The van der Waals surface area contributed by atoms with Crippen molar-refractivity contribution in [2.75, 3.05) is 0 Å². The Hall–Kier alpha value is -3.08. The largest absolute Gasteiger partial charge is 0.462 e. The van der Waals surface area contributed by atoms with E-state index >= 15 is 0 Å². The van der Waals surface area contributed by atoms with E-state index in [0.717, 1.165) is 17.6 Å². The molecule has 10 unspecified atom stereocenters. The highest BCUT2D eigenvalue weighted by molar-refractivity contribution is 5.90. The first-order chi connectivity index (χ1) is 23.5. The van der Waals surface area contributed by atoms with Crippen LogP contribution in [0.25, 0.3) is 6.08 Å². The first-order valence-electron chi connectivity index (χ1n) is 18.1. The van der Waals surface area contributed by atoms with Crippen molar-refractivity contribution in [3.05, 3.63) is 76.9 Å². The fraction of sp³-hybridized carbons (Fsp3) is 0.610. The van der Waals surface area contributed by atoms with Crippen LogP contribution in [-0.2, 0) is 14.3 Å². The molecule has 1 aromatic rings. The van der Waals surface area contributed by atoms with Gasteiger partial charge in [0, 0.05) is 25.2 Å². The zero-order valence-electron chi connectivity index (χ0n) is 31.1. The number of hydrogen-bond donors (Lipinski definition) is 5. The van der Waals surface area contributed by atoms with Crippen molar-refractivity contribution in [1.82, 2.24) is 0 Å². The molecule has 0 spiro atoms. The van der Waals surface area contributed by atoms with E-state index in [0.29, 0.717) is 43.2 Å². The minimum absolute atomic E-state index is 0.0349. The van der Waals surface area contributed by atoms with Gasteiger partial charge in [-0.3, -0.25) is 4.79 Å². The van der Waals surface area contributed by atoms with Crippen LogP contribution in [0.1, 0.15) is 116 Å². The van der Waals surface area contributed by atoms with Crippen LogP contribution in [0, 0.1) is 17.8 Å². The third kappa shape index (κ3) is 16.3. The predicted molar refractivity (Wildman–Crippen MR) is 197 cm³/mol. The Morgan fingerprint density at radius 1 is 0.960 bits per heavy atom. The smallest absolute Gasteiger partial charge is 0.338 e. The summed E-state index contributed by atoms with van der Waals surface area (Å²) in [7, 11) is 0. The summed E-state index contributed by atoms with van der Waals surface area (Å²) < 4.78 is 12.0. The van der Waals surface area contributed by atoms with Gasteiger partial charge < -0.3 is 35.0 Å². The molecule has 1 aromatic carbocycles. The topological polar surface area (TPSA) is 154 Å². The number of cyclic esters (lactones) is 1. The van der Waals surface area contributed by atoms with Gasteiger partial charge in [-0.15, -0.1) is 0 Å². The van der Waals surface area contributed by atoms with Crippen LogP contribution in [0.5, 0.6) is 0 Å². The number of hydrogen-bond acceptors (Lipinski definition) is 9. The SMILES string of the molecule is CC(C=Cc1cccc(C(=O)OC2CCCC(=O)OC(C(C)CC(C)=CC(C)C(O)CC(C)O)CC=CCC2C)c1)=CC(O)C(O)CC(C)O. The van der Waals surface area contributed by atoms with E-state index in [1.807, 2.05) is 38.1 Å². The molecule has 1 aliphatic rings. The zero-order chi connectivity index (χ0) is 37.4. The predicted octanol–water partition coefficient (Wildman–Crippen LogP) is 6.47. The van der Waals surface area contributed by atoms with Crippen LogP contribution in [-0.4, -0.2) is 80.2 Å². The molecular weight excluding hydrogens is 636 g/mol. The molecule has 0 saturated carbocycles. The van der Waals surface area contributed by atoms with Crippen LogP contribution < -0.4 is 0 Å². The van der Waals surface area contributed by atoms with Crippen LogP contribution in [0.2, 0.25) is 0 Å². The van der Waals surface area contributed by atoms with Crippen molar-refractivity contribution in [3.8, 4) is 0 Å². The van der Waals surface area contributed by atoms with Crippen molar-refractivity contribution in [1.29, 1.82) is 0 Å². The zero-order valence-corrected chi connectivity index (χ0v) is 31.1. The van der Waals surface area contributed by atoms with Gasteiger partial charge in [0.15, 0.2) is 0 Å². The van der Waals surface area contributed by atoms with Crippen LogP contribution >= 0.6 is 0 Å². The Balaban J connectivity index is 2.04. The highest BCUT2D eigenvalue weighted by atomic mass is 16.5. The van der Waals surface area contributed by atoms with Crippen molar-refractivity contribution < 1.29 is 44.6 Å². The number of rotatable bonds is 15. The molecule has 10 atom stereocenters. The summed E-state index contributed by atoms with van der Waals surface area (Å²) in [6.07, 6.45) is 10.2. The minimum Gasteiger partial charge on any atom is -0.462 e. The van der Waals surface area contributed by atoms with Crippen molar-refractivity contribution in [2.24, 2.45) is 17.8 Å². The second-order valence-corrected chi connectivity index (χ2v) is 14.5. The summed E-state index contributed by atoms with van der Waals surface area (Å²) in [4.78, 5) is 26.2. The summed E-state index contributed by atoms with van der Waals surface area (Å²) in [6, 6.07) is 7.06. The third-order valence-electron chi connectivity index (χ3n) is 9.18. The number of esters is 2. The van der Waals surface area contributed by atoms with Crippen molar-refractivity contribution >= 4 is 18.0 Å². The monoisotopic (exact) mass is 698 g/mol. The van der Waals surface area contributed by atoms with E-state index < -0.39 is 36.5 Å². The molecule has 0 fully saturated rings. The number of carbonyl (C=O) groups excluding carboxylic acids is 2. The molecule has 9 heteroatoms. The Morgan fingerprint density at radius 3 is 2.30 bits per heavy atom. The Morgan fingerprint density at radius 2 is 1.62 bits per heavy atom. The van der Waals surface area contributed by atoms with E-state index in [2.05, 4.69) is 19.9 Å². The molecular formula is C41H62O9. The third-order valence-corrected chi connectivity index (χ3v) is 9.18. The molecule has 1 aliphatic heterocycles. The average Bonchev–Trinajstić information content (AvgIpc) is 3.03. The first kappa shape index (κ1) is 43.1. The number of aliphatic hydroxyl groups excluding tert-OH is 5. The number of carbonyl (C=O) groups is 2. The normalized spacial score (nSPS) is 24.2. The Kier molecular flexibility index (Phi) is 18.9. The molecule has 0 aromatic heterocycles. The lowest BCUT2D eigenvalue weighted by atomic mass is 9.90.